The number of aliphatic hydroxyl groups is 1. The first-order chi connectivity index (χ1) is 15.6. The summed E-state index contributed by atoms with van der Waals surface area (Å²) in [6.45, 7) is 4.25. The van der Waals surface area contributed by atoms with Gasteiger partial charge in [0.05, 0.1) is 30.3 Å². The normalized spacial score (nSPS) is 22.2. The fraction of sp³-hybridized carbons (Fsp3) is 0.462. The van der Waals surface area contributed by atoms with Crippen LogP contribution in [0.5, 0.6) is 5.75 Å². The number of nitrogens with one attached hydrogen (secondary N) is 1. The smallest absolute Gasteiger partial charge is 0.166 e. The molecule has 0 radical (unpaired) electrons. The van der Waals surface area contributed by atoms with Gasteiger partial charge in [-0.15, -0.1) is 0 Å². The minimum absolute atomic E-state index is 0.00600. The van der Waals surface area contributed by atoms with Crippen LogP contribution in [0.4, 0.5) is 0 Å². The van der Waals surface area contributed by atoms with Crippen LogP contribution in [0.3, 0.4) is 0 Å². The van der Waals surface area contributed by atoms with Crippen LogP contribution >= 0.6 is 0 Å². The number of ether oxygens (including phenoxy) is 2. The van der Waals surface area contributed by atoms with Crippen LogP contribution in [-0.2, 0) is 10.2 Å². The summed E-state index contributed by atoms with van der Waals surface area (Å²) in [5, 5.41) is 13.8. The predicted molar refractivity (Wildman–Crippen MR) is 122 cm³/mol. The molecule has 2 aliphatic rings. The lowest BCUT2D eigenvalue weighted by Crippen LogP contribution is -2.38. The summed E-state index contributed by atoms with van der Waals surface area (Å²) >= 11 is 0. The van der Waals surface area contributed by atoms with E-state index in [9.17, 15) is 14.7 Å². The molecular formula is C26H31NO5. The Morgan fingerprint density at radius 3 is 2.69 bits per heavy atom. The second-order valence-electron chi connectivity index (χ2n) is 8.58. The van der Waals surface area contributed by atoms with Crippen LogP contribution < -0.4 is 10.1 Å². The van der Waals surface area contributed by atoms with Gasteiger partial charge in [-0.25, -0.2) is 0 Å². The maximum absolute atomic E-state index is 13.1. The number of morpholine rings is 1. The molecule has 2 atom stereocenters. The molecule has 0 amide bonds. The summed E-state index contributed by atoms with van der Waals surface area (Å²) < 4.78 is 11.7. The number of fused-ring (bicyclic) bond motifs is 1. The molecule has 4 rings (SSSR count). The van der Waals surface area contributed by atoms with Crippen molar-refractivity contribution in [1.29, 1.82) is 0 Å². The molecule has 2 aromatic rings. The molecule has 2 aliphatic heterocycles. The highest BCUT2D eigenvalue weighted by atomic mass is 16.5. The van der Waals surface area contributed by atoms with Crippen molar-refractivity contribution in [3.8, 4) is 5.75 Å². The van der Waals surface area contributed by atoms with Crippen molar-refractivity contribution in [2.24, 2.45) is 0 Å². The summed E-state index contributed by atoms with van der Waals surface area (Å²) in [5.41, 5.74) is 1.76. The van der Waals surface area contributed by atoms with Gasteiger partial charge in [0.25, 0.3) is 0 Å². The van der Waals surface area contributed by atoms with Gasteiger partial charge in [-0.2, -0.15) is 0 Å². The van der Waals surface area contributed by atoms with Gasteiger partial charge in [-0.1, -0.05) is 37.3 Å². The molecule has 2 aromatic carbocycles. The molecule has 32 heavy (non-hydrogen) atoms. The third-order valence-electron chi connectivity index (χ3n) is 6.54. The number of rotatable bonds is 9. The average molecular weight is 438 g/mol. The van der Waals surface area contributed by atoms with Gasteiger partial charge < -0.3 is 19.9 Å². The molecule has 0 spiro atoms. The van der Waals surface area contributed by atoms with Gasteiger partial charge >= 0.3 is 0 Å². The number of ketones is 2. The van der Waals surface area contributed by atoms with Crippen molar-refractivity contribution in [3.63, 3.8) is 0 Å². The molecule has 2 heterocycles. The molecule has 0 aromatic heterocycles. The number of carbonyl (C=O) groups is 2. The first kappa shape index (κ1) is 22.6. The molecule has 2 N–H and O–H groups in total. The molecular weight excluding hydrogens is 406 g/mol. The van der Waals surface area contributed by atoms with Crippen molar-refractivity contribution >= 4 is 11.6 Å². The van der Waals surface area contributed by atoms with Crippen LogP contribution in [-0.4, -0.2) is 55.7 Å². The van der Waals surface area contributed by atoms with Gasteiger partial charge in [0.1, 0.15) is 12.4 Å². The van der Waals surface area contributed by atoms with Gasteiger partial charge in [0.2, 0.25) is 0 Å². The molecule has 170 valence electrons. The molecule has 1 unspecified atom stereocenters. The topological polar surface area (TPSA) is 84.9 Å². The standard InChI is InChI=1S/C26H31NO5/c1-2-23(29)21-13-18(24(30)10-6-9-20-15-27-11-12-31-20)14-22-25(21)32-17-26(22,16-28)19-7-4-3-5-8-19/h3-5,7-8,13-14,20,27-28H,2,6,9-12,15-17H2,1H3/t20-,26?/m0/s1. The predicted octanol–water partition coefficient (Wildman–Crippen LogP) is 3.29. The average Bonchev–Trinajstić information content (AvgIpc) is 3.24. The highest BCUT2D eigenvalue weighted by Gasteiger charge is 2.44. The van der Waals surface area contributed by atoms with Crippen molar-refractivity contribution in [3.05, 3.63) is 64.7 Å². The molecule has 1 saturated heterocycles. The Labute approximate surface area is 188 Å². The Morgan fingerprint density at radius 2 is 2.00 bits per heavy atom. The third kappa shape index (κ3) is 4.35. The van der Waals surface area contributed by atoms with Crippen LogP contribution in [0.1, 0.15) is 64.4 Å². The second kappa shape index (κ2) is 9.94. The molecule has 0 bridgehead atoms. The summed E-state index contributed by atoms with van der Waals surface area (Å²) in [7, 11) is 0. The van der Waals surface area contributed by atoms with E-state index in [-0.39, 0.29) is 30.9 Å². The van der Waals surface area contributed by atoms with Crippen molar-refractivity contribution in [1.82, 2.24) is 5.32 Å². The molecule has 6 heteroatoms. The maximum atomic E-state index is 13.1. The summed E-state index contributed by atoms with van der Waals surface area (Å²) in [4.78, 5) is 25.8. The third-order valence-corrected chi connectivity index (χ3v) is 6.54. The van der Waals surface area contributed by atoms with E-state index in [1.165, 1.54) is 0 Å². The SMILES string of the molecule is CCC(=O)c1cc(C(=O)CCC[C@H]2CNCCO2)cc2c1OCC2(CO)c1ccccc1. The number of Topliss-reactive ketones (excluding diaryl/α,β-unsaturated/α-hetero) is 2. The summed E-state index contributed by atoms with van der Waals surface area (Å²) in [6, 6.07) is 13.1. The van der Waals surface area contributed by atoms with Gasteiger partial charge in [-0.3, -0.25) is 9.59 Å². The summed E-state index contributed by atoms with van der Waals surface area (Å²) in [5.74, 6) is 0.417. The number of benzene rings is 2. The minimum Gasteiger partial charge on any atom is -0.491 e. The van der Waals surface area contributed by atoms with Crippen LogP contribution in [0, 0.1) is 0 Å². The van der Waals surface area contributed by atoms with Gasteiger partial charge in [0.15, 0.2) is 11.6 Å². The van der Waals surface area contributed by atoms with E-state index in [2.05, 4.69) is 5.32 Å². The number of hydrogen-bond donors (Lipinski definition) is 2. The minimum atomic E-state index is -0.794. The molecule has 0 saturated carbocycles. The van der Waals surface area contributed by atoms with Crippen LogP contribution in [0.25, 0.3) is 0 Å². The van der Waals surface area contributed by atoms with Crippen molar-refractivity contribution in [2.75, 3.05) is 32.9 Å². The van der Waals surface area contributed by atoms with E-state index in [0.717, 1.165) is 31.5 Å². The molecule has 6 nitrogen and oxygen atoms in total. The zero-order valence-electron chi connectivity index (χ0n) is 18.6. The Morgan fingerprint density at radius 1 is 1.19 bits per heavy atom. The van der Waals surface area contributed by atoms with E-state index < -0.39 is 5.41 Å². The zero-order valence-corrected chi connectivity index (χ0v) is 18.6. The fourth-order valence-corrected chi connectivity index (χ4v) is 4.63. The lowest BCUT2D eigenvalue weighted by Gasteiger charge is -2.26. The highest BCUT2D eigenvalue weighted by molar-refractivity contribution is 6.04. The van der Waals surface area contributed by atoms with E-state index in [4.69, 9.17) is 9.47 Å². The summed E-state index contributed by atoms with van der Waals surface area (Å²) in [6.07, 6.45) is 2.38. The van der Waals surface area contributed by atoms with E-state index in [0.29, 0.717) is 41.9 Å². The van der Waals surface area contributed by atoms with E-state index >= 15 is 0 Å². The first-order valence-corrected chi connectivity index (χ1v) is 11.5. The quantitative estimate of drug-likeness (QED) is 0.586. The first-order valence-electron chi connectivity index (χ1n) is 11.5. The highest BCUT2D eigenvalue weighted by Crippen LogP contribution is 2.46. The van der Waals surface area contributed by atoms with Gasteiger partial charge in [0, 0.05) is 37.1 Å². The van der Waals surface area contributed by atoms with Gasteiger partial charge in [-0.05, 0) is 30.5 Å². The van der Waals surface area contributed by atoms with Crippen molar-refractivity contribution in [2.45, 2.75) is 44.1 Å². The number of aliphatic hydroxyl groups excluding tert-OH is 1. The largest absolute Gasteiger partial charge is 0.491 e. The van der Waals surface area contributed by atoms with Crippen molar-refractivity contribution < 1.29 is 24.2 Å². The number of hydrogen-bond acceptors (Lipinski definition) is 6. The van der Waals surface area contributed by atoms with Crippen LogP contribution in [0.2, 0.25) is 0 Å². The maximum Gasteiger partial charge on any atom is 0.166 e. The Kier molecular flexibility index (Phi) is 7.04. The van der Waals surface area contributed by atoms with Crippen LogP contribution in [0.15, 0.2) is 42.5 Å². The Balaban J connectivity index is 1.64. The lowest BCUT2D eigenvalue weighted by molar-refractivity contribution is 0.0222. The molecule has 1 fully saturated rings. The molecule has 0 aliphatic carbocycles. The number of carbonyl (C=O) groups excluding carboxylic acids is 2. The monoisotopic (exact) mass is 437 g/mol. The second-order valence-corrected chi connectivity index (χ2v) is 8.58. The Bertz CT molecular complexity index is 968. The zero-order chi connectivity index (χ0) is 22.6. The fourth-order valence-electron chi connectivity index (χ4n) is 4.63. The van der Waals surface area contributed by atoms with E-state index in [1.54, 1.807) is 13.0 Å². The lowest BCUT2D eigenvalue weighted by atomic mass is 9.75. The Hall–Kier alpha value is -2.54. The van der Waals surface area contributed by atoms with E-state index in [1.807, 2.05) is 36.4 Å².